The van der Waals surface area contributed by atoms with Crippen LogP contribution in [0.2, 0.25) is 5.02 Å². The number of hydrogen-bond acceptors (Lipinski definition) is 1. The van der Waals surface area contributed by atoms with Crippen molar-refractivity contribution in [3.05, 3.63) is 34.9 Å². The lowest BCUT2D eigenvalue weighted by Crippen LogP contribution is -2.15. The fourth-order valence-electron chi connectivity index (χ4n) is 0.909. The van der Waals surface area contributed by atoms with E-state index >= 15 is 0 Å². The third kappa shape index (κ3) is 2.13. The Kier molecular flexibility index (Phi) is 2.99. The number of halogens is 2. The minimum atomic E-state index is -1.26. The van der Waals surface area contributed by atoms with Crippen LogP contribution in [0.1, 0.15) is 18.9 Å². The molecule has 66 valence electrons. The quantitative estimate of drug-likeness (QED) is 0.735. The van der Waals surface area contributed by atoms with E-state index in [9.17, 15) is 5.11 Å². The van der Waals surface area contributed by atoms with E-state index in [1.54, 1.807) is 24.3 Å². The van der Waals surface area contributed by atoms with E-state index in [0.29, 0.717) is 17.0 Å². The van der Waals surface area contributed by atoms with Gasteiger partial charge in [0.1, 0.15) is 0 Å². The van der Waals surface area contributed by atoms with Crippen molar-refractivity contribution >= 4 is 23.2 Å². The molecule has 0 heterocycles. The molecule has 0 radical (unpaired) electrons. The molecule has 3 heteroatoms. The summed E-state index contributed by atoms with van der Waals surface area (Å²) < 4.78 is 0. The first kappa shape index (κ1) is 9.85. The molecule has 0 aliphatic heterocycles. The molecule has 1 N–H and O–H groups in total. The molecule has 12 heavy (non-hydrogen) atoms. The second-order valence-electron chi connectivity index (χ2n) is 2.62. The van der Waals surface area contributed by atoms with Gasteiger partial charge in [0.15, 0.2) is 5.06 Å². The number of hydrogen-bond donors (Lipinski definition) is 1. The van der Waals surface area contributed by atoms with Crippen molar-refractivity contribution in [2.24, 2.45) is 0 Å². The zero-order valence-corrected chi connectivity index (χ0v) is 8.23. The van der Waals surface area contributed by atoms with Crippen LogP contribution in [0.4, 0.5) is 0 Å². The number of rotatable bonds is 2. The van der Waals surface area contributed by atoms with E-state index < -0.39 is 5.06 Å². The van der Waals surface area contributed by atoms with Crippen LogP contribution in [0.25, 0.3) is 0 Å². The average Bonchev–Trinajstić information content (AvgIpc) is 2.05. The van der Waals surface area contributed by atoms with Crippen LogP contribution in [0.3, 0.4) is 0 Å². The van der Waals surface area contributed by atoms with Crippen molar-refractivity contribution in [3.8, 4) is 0 Å². The van der Waals surface area contributed by atoms with Crippen LogP contribution in [0.5, 0.6) is 0 Å². The summed E-state index contributed by atoms with van der Waals surface area (Å²) in [6.07, 6.45) is 0.468. The van der Waals surface area contributed by atoms with Gasteiger partial charge < -0.3 is 5.11 Å². The van der Waals surface area contributed by atoms with E-state index in [4.69, 9.17) is 23.2 Å². The lowest BCUT2D eigenvalue weighted by atomic mass is 10.1. The Morgan fingerprint density at radius 3 is 2.25 bits per heavy atom. The van der Waals surface area contributed by atoms with Gasteiger partial charge in [-0.05, 0) is 24.1 Å². The smallest absolute Gasteiger partial charge is 0.164 e. The largest absolute Gasteiger partial charge is 0.371 e. The van der Waals surface area contributed by atoms with E-state index in [2.05, 4.69) is 0 Å². The Bertz CT molecular complexity index is 254. The molecule has 1 nitrogen and oxygen atoms in total. The molecule has 1 aromatic carbocycles. The molecule has 0 amide bonds. The Morgan fingerprint density at radius 1 is 1.33 bits per heavy atom. The maximum Gasteiger partial charge on any atom is 0.164 e. The molecule has 0 aromatic heterocycles. The molecule has 0 aliphatic carbocycles. The van der Waals surface area contributed by atoms with Gasteiger partial charge in [0, 0.05) is 5.02 Å². The predicted octanol–water partition coefficient (Wildman–Crippen LogP) is 3.13. The normalized spacial score (nSPS) is 15.7. The highest BCUT2D eigenvalue weighted by Crippen LogP contribution is 2.29. The Balaban J connectivity index is 2.96. The first-order valence-corrected chi connectivity index (χ1v) is 4.49. The van der Waals surface area contributed by atoms with Crippen LogP contribution < -0.4 is 0 Å². The first-order valence-electron chi connectivity index (χ1n) is 3.73. The summed E-state index contributed by atoms with van der Waals surface area (Å²) in [4.78, 5) is 0. The topological polar surface area (TPSA) is 20.2 Å². The highest BCUT2D eigenvalue weighted by Gasteiger charge is 2.22. The second kappa shape index (κ2) is 3.65. The average molecular weight is 205 g/mol. The van der Waals surface area contributed by atoms with Gasteiger partial charge in [-0.3, -0.25) is 0 Å². The fourth-order valence-corrected chi connectivity index (χ4v) is 1.16. The molecular weight excluding hydrogens is 195 g/mol. The summed E-state index contributed by atoms with van der Waals surface area (Å²) in [7, 11) is 0. The van der Waals surface area contributed by atoms with Crippen molar-refractivity contribution < 1.29 is 5.11 Å². The maximum atomic E-state index is 9.61. The summed E-state index contributed by atoms with van der Waals surface area (Å²) in [6.45, 7) is 1.82. The third-order valence-corrected chi connectivity index (χ3v) is 2.49. The molecule has 1 aromatic rings. The van der Waals surface area contributed by atoms with Crippen LogP contribution in [0, 0.1) is 0 Å². The summed E-state index contributed by atoms with van der Waals surface area (Å²) in [5.41, 5.74) is 0.677. The fraction of sp³-hybridized carbons (Fsp3) is 0.333. The molecule has 0 spiro atoms. The van der Waals surface area contributed by atoms with Crippen molar-refractivity contribution in [1.29, 1.82) is 0 Å². The van der Waals surface area contributed by atoms with Gasteiger partial charge in [-0.1, -0.05) is 42.3 Å². The Hall–Kier alpha value is -0.240. The molecule has 0 fully saturated rings. The molecule has 1 atom stereocenters. The minimum absolute atomic E-state index is 0.468. The van der Waals surface area contributed by atoms with Crippen molar-refractivity contribution in [1.82, 2.24) is 0 Å². The lowest BCUT2D eigenvalue weighted by molar-refractivity contribution is 0.124. The number of benzene rings is 1. The molecule has 0 saturated carbocycles. The molecule has 1 rings (SSSR count). The van der Waals surface area contributed by atoms with E-state index in [0.717, 1.165) is 0 Å². The van der Waals surface area contributed by atoms with Gasteiger partial charge in [0.05, 0.1) is 0 Å². The van der Waals surface area contributed by atoms with Gasteiger partial charge in [0.2, 0.25) is 0 Å². The van der Waals surface area contributed by atoms with Crippen molar-refractivity contribution in [2.75, 3.05) is 0 Å². The van der Waals surface area contributed by atoms with Crippen LogP contribution in [-0.4, -0.2) is 5.11 Å². The van der Waals surface area contributed by atoms with Gasteiger partial charge in [0.25, 0.3) is 0 Å². The van der Waals surface area contributed by atoms with Gasteiger partial charge in [-0.15, -0.1) is 0 Å². The maximum absolute atomic E-state index is 9.61. The Labute approximate surface area is 81.9 Å². The van der Waals surface area contributed by atoms with Gasteiger partial charge >= 0.3 is 0 Å². The predicted molar refractivity (Wildman–Crippen MR) is 51.5 cm³/mol. The molecule has 0 saturated heterocycles. The molecule has 1 unspecified atom stereocenters. The second-order valence-corrected chi connectivity index (χ2v) is 3.68. The lowest BCUT2D eigenvalue weighted by Gasteiger charge is -2.18. The monoisotopic (exact) mass is 204 g/mol. The van der Waals surface area contributed by atoms with Crippen molar-refractivity contribution in [2.45, 2.75) is 18.4 Å². The zero-order valence-electron chi connectivity index (χ0n) is 6.72. The highest BCUT2D eigenvalue weighted by atomic mass is 35.5. The zero-order chi connectivity index (χ0) is 9.19. The van der Waals surface area contributed by atoms with Gasteiger partial charge in [-0.25, -0.2) is 0 Å². The Morgan fingerprint density at radius 2 is 1.83 bits per heavy atom. The third-order valence-electron chi connectivity index (χ3n) is 1.76. The van der Waals surface area contributed by atoms with E-state index in [1.807, 2.05) is 6.92 Å². The van der Waals surface area contributed by atoms with Crippen LogP contribution >= 0.6 is 23.2 Å². The number of alkyl halides is 1. The SMILES string of the molecule is CCC(O)(Cl)c1ccc(Cl)cc1. The molecule has 0 aliphatic rings. The summed E-state index contributed by atoms with van der Waals surface area (Å²) >= 11 is 11.5. The molecular formula is C9H10Cl2O. The van der Waals surface area contributed by atoms with Gasteiger partial charge in [-0.2, -0.15) is 0 Å². The first-order chi connectivity index (χ1) is 5.56. The highest BCUT2D eigenvalue weighted by molar-refractivity contribution is 6.30. The van der Waals surface area contributed by atoms with Crippen LogP contribution in [0.15, 0.2) is 24.3 Å². The van der Waals surface area contributed by atoms with Crippen LogP contribution in [-0.2, 0) is 5.06 Å². The van der Waals surface area contributed by atoms with E-state index in [-0.39, 0.29) is 0 Å². The van der Waals surface area contributed by atoms with Crippen molar-refractivity contribution in [3.63, 3.8) is 0 Å². The summed E-state index contributed by atoms with van der Waals surface area (Å²) in [6, 6.07) is 6.86. The summed E-state index contributed by atoms with van der Waals surface area (Å²) in [5.74, 6) is 0. The molecule has 0 bridgehead atoms. The standard InChI is InChI=1S/C9H10Cl2O/c1-2-9(11,12)7-3-5-8(10)6-4-7/h3-6,12H,2H2,1H3. The summed E-state index contributed by atoms with van der Waals surface area (Å²) in [5, 5.41) is 8.99. The minimum Gasteiger partial charge on any atom is -0.371 e. The van der Waals surface area contributed by atoms with E-state index in [1.165, 1.54) is 0 Å². The number of aliphatic hydroxyl groups is 1.